The number of likely N-dealkylation sites (tertiary alicyclic amines) is 1. The number of nitrogens with one attached hydrogen (secondary N) is 1. The Bertz CT molecular complexity index is 443. The first kappa shape index (κ1) is 16.3. The zero-order valence-corrected chi connectivity index (χ0v) is 13.5. The quantitative estimate of drug-likeness (QED) is 0.811. The molecule has 1 heterocycles. The second-order valence-electron chi connectivity index (χ2n) is 5.56. The number of carbonyl (C=O) groups excluding carboxylic acids is 1. The van der Waals surface area contributed by atoms with Crippen molar-refractivity contribution in [2.45, 2.75) is 31.8 Å². The number of nitrogens with zero attached hydrogens (tertiary/aromatic N) is 1. The van der Waals surface area contributed by atoms with Crippen molar-refractivity contribution in [3.63, 3.8) is 0 Å². The Morgan fingerprint density at radius 1 is 1.33 bits per heavy atom. The molecule has 1 aromatic rings. The van der Waals surface area contributed by atoms with E-state index in [1.165, 1.54) is 31.5 Å². The number of hydrogen-bond donors (Lipinski definition) is 2. The fourth-order valence-corrected chi connectivity index (χ4v) is 2.99. The molecule has 0 bridgehead atoms. The third kappa shape index (κ3) is 5.34. The van der Waals surface area contributed by atoms with Crippen molar-refractivity contribution >= 4 is 23.4 Å². The predicted molar refractivity (Wildman–Crippen MR) is 90.6 cm³/mol. The topological polar surface area (TPSA) is 58.4 Å². The van der Waals surface area contributed by atoms with Gasteiger partial charge in [0, 0.05) is 12.2 Å². The van der Waals surface area contributed by atoms with Crippen molar-refractivity contribution in [1.82, 2.24) is 4.90 Å². The van der Waals surface area contributed by atoms with E-state index in [1.807, 2.05) is 18.4 Å². The molecule has 1 saturated heterocycles. The molecule has 0 aromatic heterocycles. The third-order valence-electron chi connectivity index (χ3n) is 3.80. The van der Waals surface area contributed by atoms with Gasteiger partial charge >= 0.3 is 0 Å². The Labute approximate surface area is 131 Å². The van der Waals surface area contributed by atoms with Gasteiger partial charge in [0.15, 0.2) is 0 Å². The summed E-state index contributed by atoms with van der Waals surface area (Å²) in [5.74, 6) is 0.806. The van der Waals surface area contributed by atoms with E-state index in [9.17, 15) is 4.79 Å². The molecule has 1 aliphatic rings. The second-order valence-corrected chi connectivity index (χ2v) is 6.54. The molecule has 0 radical (unpaired) electrons. The molecule has 116 valence electrons. The van der Waals surface area contributed by atoms with E-state index in [4.69, 9.17) is 5.73 Å². The number of carbonyl (C=O) groups is 1. The van der Waals surface area contributed by atoms with E-state index in [0.717, 1.165) is 18.0 Å². The summed E-state index contributed by atoms with van der Waals surface area (Å²) in [6.07, 6.45) is 5.34. The molecule has 21 heavy (non-hydrogen) atoms. The molecule has 2 rings (SSSR count). The van der Waals surface area contributed by atoms with Crippen molar-refractivity contribution in [1.29, 1.82) is 0 Å². The number of nitrogens with two attached hydrogens (primary N) is 1. The third-order valence-corrected chi connectivity index (χ3v) is 4.44. The Kier molecular flexibility index (Phi) is 6.54. The lowest BCUT2D eigenvalue weighted by atomic mass is 10.1. The van der Waals surface area contributed by atoms with Crippen LogP contribution < -0.4 is 11.1 Å². The molecule has 0 aliphatic carbocycles. The summed E-state index contributed by atoms with van der Waals surface area (Å²) >= 11 is 1.71. The van der Waals surface area contributed by atoms with Crippen LogP contribution in [0.25, 0.3) is 0 Å². The van der Waals surface area contributed by atoms with Gasteiger partial charge in [0.2, 0.25) is 5.91 Å². The monoisotopic (exact) mass is 307 g/mol. The Hall–Kier alpha value is -1.04. The van der Waals surface area contributed by atoms with Gasteiger partial charge in [0.25, 0.3) is 0 Å². The standard InChI is InChI=1S/C16H25N3OS/c1-21-11-8-15(17)16(20)18-14-6-4-13(5-7-14)12-19-9-2-3-10-19/h4-7,15H,2-3,8-12,17H2,1H3,(H,18,20)/t15-/m1/s1. The highest BCUT2D eigenvalue weighted by atomic mass is 32.2. The van der Waals surface area contributed by atoms with Crippen molar-refractivity contribution in [2.75, 3.05) is 30.4 Å². The zero-order valence-electron chi connectivity index (χ0n) is 12.7. The van der Waals surface area contributed by atoms with Crippen molar-refractivity contribution in [3.05, 3.63) is 29.8 Å². The van der Waals surface area contributed by atoms with Gasteiger partial charge in [-0.2, -0.15) is 11.8 Å². The van der Waals surface area contributed by atoms with Crippen LogP contribution in [-0.2, 0) is 11.3 Å². The number of benzene rings is 1. The summed E-state index contributed by atoms with van der Waals surface area (Å²) in [7, 11) is 0. The van der Waals surface area contributed by atoms with Crippen LogP contribution >= 0.6 is 11.8 Å². The normalized spacial score (nSPS) is 16.9. The van der Waals surface area contributed by atoms with E-state index in [-0.39, 0.29) is 5.91 Å². The number of anilines is 1. The first-order valence-corrected chi connectivity index (χ1v) is 8.95. The molecule has 4 nitrogen and oxygen atoms in total. The fourth-order valence-electron chi connectivity index (χ4n) is 2.50. The molecule has 0 saturated carbocycles. The molecule has 1 aliphatic heterocycles. The van der Waals surface area contributed by atoms with E-state index < -0.39 is 6.04 Å². The lowest BCUT2D eigenvalue weighted by Crippen LogP contribution is -2.36. The van der Waals surface area contributed by atoms with Gasteiger partial charge in [-0.25, -0.2) is 0 Å². The van der Waals surface area contributed by atoms with Gasteiger partial charge in [0.1, 0.15) is 0 Å². The van der Waals surface area contributed by atoms with Gasteiger partial charge in [-0.15, -0.1) is 0 Å². The summed E-state index contributed by atoms with van der Waals surface area (Å²) < 4.78 is 0. The maximum Gasteiger partial charge on any atom is 0.241 e. The van der Waals surface area contributed by atoms with E-state index in [1.54, 1.807) is 11.8 Å². The molecule has 1 aromatic carbocycles. The van der Waals surface area contributed by atoms with Crippen LogP contribution in [0.5, 0.6) is 0 Å². The van der Waals surface area contributed by atoms with E-state index in [2.05, 4.69) is 22.3 Å². The summed E-state index contributed by atoms with van der Waals surface area (Å²) in [6, 6.07) is 7.67. The van der Waals surface area contributed by atoms with Crippen molar-refractivity contribution < 1.29 is 4.79 Å². The summed E-state index contributed by atoms with van der Waals surface area (Å²) in [4.78, 5) is 14.4. The highest BCUT2D eigenvalue weighted by Gasteiger charge is 2.14. The van der Waals surface area contributed by atoms with Crippen LogP contribution in [0.2, 0.25) is 0 Å². The predicted octanol–water partition coefficient (Wildman–Crippen LogP) is 2.30. The van der Waals surface area contributed by atoms with Crippen molar-refractivity contribution in [3.8, 4) is 0 Å². The summed E-state index contributed by atoms with van der Waals surface area (Å²) in [5, 5.41) is 2.88. The molecule has 3 N–H and O–H groups in total. The molecular weight excluding hydrogens is 282 g/mol. The minimum Gasteiger partial charge on any atom is -0.325 e. The van der Waals surface area contributed by atoms with Gasteiger partial charge in [0.05, 0.1) is 6.04 Å². The van der Waals surface area contributed by atoms with Crippen LogP contribution in [0.4, 0.5) is 5.69 Å². The Morgan fingerprint density at radius 2 is 2.00 bits per heavy atom. The maximum atomic E-state index is 11.9. The number of hydrogen-bond acceptors (Lipinski definition) is 4. The average molecular weight is 307 g/mol. The van der Waals surface area contributed by atoms with Crippen LogP contribution in [-0.4, -0.2) is 41.9 Å². The van der Waals surface area contributed by atoms with Gasteiger partial charge in [-0.3, -0.25) is 9.69 Å². The Balaban J connectivity index is 1.82. The lowest BCUT2D eigenvalue weighted by Gasteiger charge is -2.15. The minimum absolute atomic E-state index is 0.101. The average Bonchev–Trinajstić information content (AvgIpc) is 2.99. The number of thioether (sulfide) groups is 1. The lowest BCUT2D eigenvalue weighted by molar-refractivity contribution is -0.117. The summed E-state index contributed by atoms with van der Waals surface area (Å²) in [6.45, 7) is 3.40. The smallest absolute Gasteiger partial charge is 0.241 e. The minimum atomic E-state index is -0.429. The van der Waals surface area contributed by atoms with E-state index in [0.29, 0.717) is 6.42 Å². The number of amides is 1. The van der Waals surface area contributed by atoms with Crippen LogP contribution in [0.3, 0.4) is 0 Å². The fraction of sp³-hybridized carbons (Fsp3) is 0.562. The van der Waals surface area contributed by atoms with Gasteiger partial charge in [-0.05, 0) is 62.1 Å². The molecular formula is C16H25N3OS. The molecule has 5 heteroatoms. The Morgan fingerprint density at radius 3 is 2.62 bits per heavy atom. The highest BCUT2D eigenvalue weighted by molar-refractivity contribution is 7.98. The second kappa shape index (κ2) is 8.41. The van der Waals surface area contributed by atoms with Gasteiger partial charge in [-0.1, -0.05) is 12.1 Å². The van der Waals surface area contributed by atoms with Crippen molar-refractivity contribution in [2.24, 2.45) is 5.73 Å². The van der Waals surface area contributed by atoms with Crippen LogP contribution in [0.1, 0.15) is 24.8 Å². The summed E-state index contributed by atoms with van der Waals surface area (Å²) in [5.41, 5.74) is 7.97. The SMILES string of the molecule is CSCC[C@@H](N)C(=O)Nc1ccc(CN2CCCC2)cc1. The molecule has 0 spiro atoms. The van der Waals surface area contributed by atoms with Crippen LogP contribution in [0.15, 0.2) is 24.3 Å². The zero-order chi connectivity index (χ0) is 15.1. The first-order chi connectivity index (χ1) is 10.2. The molecule has 0 unspecified atom stereocenters. The van der Waals surface area contributed by atoms with Gasteiger partial charge < -0.3 is 11.1 Å². The van der Waals surface area contributed by atoms with E-state index >= 15 is 0 Å². The first-order valence-electron chi connectivity index (χ1n) is 7.55. The maximum absolute atomic E-state index is 11.9. The largest absolute Gasteiger partial charge is 0.325 e. The number of rotatable bonds is 7. The molecule has 1 atom stereocenters. The van der Waals surface area contributed by atoms with Crippen LogP contribution in [0, 0.1) is 0 Å². The molecule has 1 amide bonds. The highest BCUT2D eigenvalue weighted by Crippen LogP contribution is 2.15. The molecule has 1 fully saturated rings.